The van der Waals surface area contributed by atoms with Gasteiger partial charge in [-0.1, -0.05) is 24.3 Å². The number of aryl methyl sites for hydroxylation is 1. The summed E-state index contributed by atoms with van der Waals surface area (Å²) in [7, 11) is 1.95. The van der Waals surface area contributed by atoms with Crippen LogP contribution >= 0.6 is 0 Å². The minimum atomic E-state index is -0.00335. The molecule has 0 aromatic heterocycles. The molecule has 0 spiro atoms. The van der Waals surface area contributed by atoms with E-state index in [9.17, 15) is 4.79 Å². The molecule has 0 saturated carbocycles. The van der Waals surface area contributed by atoms with Crippen molar-refractivity contribution >= 4 is 5.91 Å². The number of nitrogens with zero attached hydrogens (tertiary/aromatic N) is 1. The number of ether oxygens (including phenoxy) is 2. The van der Waals surface area contributed by atoms with E-state index in [2.05, 4.69) is 24.4 Å². The van der Waals surface area contributed by atoms with Crippen LogP contribution in [0.4, 0.5) is 0 Å². The maximum Gasteiger partial charge on any atom is 0.234 e. The van der Waals surface area contributed by atoms with E-state index >= 15 is 0 Å². The summed E-state index contributed by atoms with van der Waals surface area (Å²) < 4.78 is 11.0. The zero-order valence-corrected chi connectivity index (χ0v) is 15.8. The molecule has 0 bridgehead atoms. The highest BCUT2D eigenvalue weighted by Gasteiger charge is 2.08. The van der Waals surface area contributed by atoms with Crippen LogP contribution in [0.15, 0.2) is 48.5 Å². The summed E-state index contributed by atoms with van der Waals surface area (Å²) >= 11 is 0. The zero-order chi connectivity index (χ0) is 18.8. The standard InChI is InChI=1S/C21H28N2O3/c1-4-25-19-9-11-20(12-10-19)26-14-13-22-21(24)16-23(3)15-18-8-6-5-7-17(18)2/h5-12H,4,13-16H2,1-3H3,(H,22,24). The lowest BCUT2D eigenvalue weighted by Crippen LogP contribution is -2.36. The lowest BCUT2D eigenvalue weighted by molar-refractivity contribution is -0.122. The van der Waals surface area contributed by atoms with Gasteiger partial charge in [-0.05, 0) is 56.3 Å². The van der Waals surface area contributed by atoms with E-state index in [0.717, 1.165) is 18.0 Å². The molecule has 1 amide bonds. The predicted octanol–water partition coefficient (Wildman–Crippen LogP) is 3.02. The Morgan fingerprint density at radius 1 is 1.04 bits per heavy atom. The summed E-state index contributed by atoms with van der Waals surface area (Å²) in [5, 5.41) is 2.89. The maximum atomic E-state index is 12.0. The van der Waals surface area contributed by atoms with Crippen LogP contribution in [-0.2, 0) is 11.3 Å². The molecule has 5 nitrogen and oxygen atoms in total. The van der Waals surface area contributed by atoms with Crippen molar-refractivity contribution in [3.05, 3.63) is 59.7 Å². The molecule has 0 aliphatic rings. The predicted molar refractivity (Wildman–Crippen MR) is 104 cm³/mol. The zero-order valence-electron chi connectivity index (χ0n) is 15.8. The van der Waals surface area contributed by atoms with E-state index < -0.39 is 0 Å². The average Bonchev–Trinajstić information content (AvgIpc) is 2.62. The second-order valence-corrected chi connectivity index (χ2v) is 6.20. The van der Waals surface area contributed by atoms with Crippen molar-refractivity contribution in [2.24, 2.45) is 0 Å². The summed E-state index contributed by atoms with van der Waals surface area (Å²) in [6.45, 7) is 6.70. The van der Waals surface area contributed by atoms with Gasteiger partial charge in [0.25, 0.3) is 0 Å². The molecule has 140 valence electrons. The van der Waals surface area contributed by atoms with Gasteiger partial charge < -0.3 is 14.8 Å². The van der Waals surface area contributed by atoms with E-state index in [1.54, 1.807) is 0 Å². The van der Waals surface area contributed by atoms with Crippen LogP contribution in [0.1, 0.15) is 18.1 Å². The molecular formula is C21H28N2O3. The van der Waals surface area contributed by atoms with Crippen molar-refractivity contribution in [2.75, 3.05) is 33.4 Å². The van der Waals surface area contributed by atoms with Crippen molar-refractivity contribution < 1.29 is 14.3 Å². The molecule has 2 aromatic carbocycles. The monoisotopic (exact) mass is 356 g/mol. The average molecular weight is 356 g/mol. The Bertz CT molecular complexity index is 686. The lowest BCUT2D eigenvalue weighted by atomic mass is 10.1. The number of likely N-dealkylation sites (N-methyl/N-ethyl adjacent to an activating group) is 1. The third kappa shape index (κ3) is 6.76. The maximum absolute atomic E-state index is 12.0. The third-order valence-corrected chi connectivity index (χ3v) is 3.94. The van der Waals surface area contributed by atoms with Gasteiger partial charge in [0.15, 0.2) is 0 Å². The first-order chi connectivity index (χ1) is 12.6. The Balaban J connectivity index is 1.64. The minimum absolute atomic E-state index is 0.00335. The number of carbonyl (C=O) groups is 1. The highest BCUT2D eigenvalue weighted by atomic mass is 16.5. The Morgan fingerprint density at radius 3 is 2.35 bits per heavy atom. The van der Waals surface area contributed by atoms with Gasteiger partial charge >= 0.3 is 0 Å². The normalized spacial score (nSPS) is 10.6. The van der Waals surface area contributed by atoms with E-state index in [1.165, 1.54) is 11.1 Å². The first-order valence-electron chi connectivity index (χ1n) is 8.94. The number of rotatable bonds is 10. The van der Waals surface area contributed by atoms with E-state index in [1.807, 2.05) is 55.3 Å². The van der Waals surface area contributed by atoms with Crippen molar-refractivity contribution in [3.63, 3.8) is 0 Å². The number of carbonyl (C=O) groups excluding carboxylic acids is 1. The van der Waals surface area contributed by atoms with Gasteiger partial charge in [-0.15, -0.1) is 0 Å². The van der Waals surface area contributed by atoms with E-state index in [4.69, 9.17) is 9.47 Å². The van der Waals surface area contributed by atoms with Gasteiger partial charge in [0.1, 0.15) is 18.1 Å². The fraction of sp³-hybridized carbons (Fsp3) is 0.381. The Kier molecular flexibility index (Phi) is 7.96. The van der Waals surface area contributed by atoms with Gasteiger partial charge in [0, 0.05) is 6.54 Å². The summed E-state index contributed by atoms with van der Waals surface area (Å²) in [4.78, 5) is 14.0. The molecule has 0 radical (unpaired) electrons. The molecule has 1 N–H and O–H groups in total. The number of hydrogen-bond acceptors (Lipinski definition) is 4. The van der Waals surface area contributed by atoms with Crippen LogP contribution in [0.2, 0.25) is 0 Å². The molecule has 0 saturated heterocycles. The molecule has 0 heterocycles. The van der Waals surface area contributed by atoms with Crippen molar-refractivity contribution in [3.8, 4) is 11.5 Å². The quantitative estimate of drug-likeness (QED) is 0.665. The third-order valence-electron chi connectivity index (χ3n) is 3.94. The number of amides is 1. The molecule has 0 unspecified atom stereocenters. The van der Waals surface area contributed by atoms with Crippen LogP contribution in [0.25, 0.3) is 0 Å². The highest BCUT2D eigenvalue weighted by Crippen LogP contribution is 2.17. The molecule has 26 heavy (non-hydrogen) atoms. The lowest BCUT2D eigenvalue weighted by Gasteiger charge is -2.17. The summed E-state index contributed by atoms with van der Waals surface area (Å²) in [6, 6.07) is 15.7. The fourth-order valence-corrected chi connectivity index (χ4v) is 2.59. The molecule has 2 aromatic rings. The topological polar surface area (TPSA) is 50.8 Å². The van der Waals surface area contributed by atoms with E-state index in [0.29, 0.717) is 26.3 Å². The fourth-order valence-electron chi connectivity index (χ4n) is 2.59. The van der Waals surface area contributed by atoms with Gasteiger partial charge in [0.05, 0.1) is 19.7 Å². The van der Waals surface area contributed by atoms with Crippen LogP contribution in [0.5, 0.6) is 11.5 Å². The molecule has 2 rings (SSSR count). The van der Waals surface area contributed by atoms with Crippen molar-refractivity contribution in [1.29, 1.82) is 0 Å². The number of nitrogens with one attached hydrogen (secondary N) is 1. The van der Waals surface area contributed by atoms with Crippen LogP contribution < -0.4 is 14.8 Å². The largest absolute Gasteiger partial charge is 0.494 e. The van der Waals surface area contributed by atoms with Gasteiger partial charge in [0.2, 0.25) is 5.91 Å². The van der Waals surface area contributed by atoms with Crippen LogP contribution in [-0.4, -0.2) is 44.2 Å². The van der Waals surface area contributed by atoms with Crippen molar-refractivity contribution in [2.45, 2.75) is 20.4 Å². The first kappa shape index (κ1) is 19.8. The highest BCUT2D eigenvalue weighted by molar-refractivity contribution is 5.77. The molecule has 0 aliphatic carbocycles. The second-order valence-electron chi connectivity index (χ2n) is 6.20. The summed E-state index contributed by atoms with van der Waals surface area (Å²) in [6.07, 6.45) is 0. The second kappa shape index (κ2) is 10.5. The Morgan fingerprint density at radius 2 is 1.69 bits per heavy atom. The molecular weight excluding hydrogens is 328 g/mol. The van der Waals surface area contributed by atoms with Crippen molar-refractivity contribution in [1.82, 2.24) is 10.2 Å². The molecule has 0 fully saturated rings. The number of hydrogen-bond donors (Lipinski definition) is 1. The summed E-state index contributed by atoms with van der Waals surface area (Å²) in [5.41, 5.74) is 2.48. The Hall–Kier alpha value is -2.53. The Labute approximate surface area is 155 Å². The smallest absolute Gasteiger partial charge is 0.234 e. The summed E-state index contributed by atoms with van der Waals surface area (Å²) in [5.74, 6) is 1.58. The van der Waals surface area contributed by atoms with Crippen LogP contribution in [0, 0.1) is 6.92 Å². The van der Waals surface area contributed by atoms with E-state index in [-0.39, 0.29) is 5.91 Å². The van der Waals surface area contributed by atoms with Crippen LogP contribution in [0.3, 0.4) is 0 Å². The molecule has 0 atom stereocenters. The van der Waals surface area contributed by atoms with Gasteiger partial charge in [-0.3, -0.25) is 9.69 Å². The number of benzene rings is 2. The molecule has 5 heteroatoms. The first-order valence-corrected chi connectivity index (χ1v) is 8.94. The minimum Gasteiger partial charge on any atom is -0.494 e. The SMILES string of the molecule is CCOc1ccc(OCCNC(=O)CN(C)Cc2ccccc2C)cc1. The van der Waals surface area contributed by atoms with Gasteiger partial charge in [-0.25, -0.2) is 0 Å². The van der Waals surface area contributed by atoms with Gasteiger partial charge in [-0.2, -0.15) is 0 Å². The molecule has 0 aliphatic heterocycles.